The Morgan fingerprint density at radius 3 is 1.68 bits per heavy atom. The van der Waals surface area contributed by atoms with Gasteiger partial charge in [-0.3, -0.25) is 0 Å². The topological polar surface area (TPSA) is 43.9 Å². The van der Waals surface area contributed by atoms with Crippen LogP contribution in [0.25, 0.3) is 105 Å². The van der Waals surface area contributed by atoms with Gasteiger partial charge in [0.2, 0.25) is 5.71 Å². The number of hydrogen-bond donors (Lipinski definition) is 0. The first-order chi connectivity index (χ1) is 24.8. The molecule has 0 unspecified atom stereocenters. The van der Waals surface area contributed by atoms with E-state index >= 15 is 0 Å². The number of rotatable bonds is 3. The highest BCUT2D eigenvalue weighted by molar-refractivity contribution is 6.29. The van der Waals surface area contributed by atoms with Gasteiger partial charge in [-0.2, -0.15) is 4.98 Å². The zero-order valence-corrected chi connectivity index (χ0v) is 26.8. The molecule has 0 fully saturated rings. The Balaban J connectivity index is 1.26. The third kappa shape index (κ3) is 3.81. The van der Waals surface area contributed by atoms with Gasteiger partial charge in [0.25, 0.3) is 0 Å². The van der Waals surface area contributed by atoms with Crippen molar-refractivity contribution in [3.8, 4) is 28.3 Å². The van der Waals surface area contributed by atoms with Crippen LogP contribution in [0.1, 0.15) is 0 Å². The Labute approximate surface area is 286 Å². The third-order valence-electron chi connectivity index (χ3n) is 10.2. The van der Waals surface area contributed by atoms with E-state index in [0.717, 1.165) is 60.7 Å². The summed E-state index contributed by atoms with van der Waals surface area (Å²) in [7, 11) is 0. The molecule has 0 atom stereocenters. The Kier molecular flexibility index (Phi) is 5.63. The molecule has 0 amide bonds. The largest absolute Gasteiger partial charge is 0.438 e. The van der Waals surface area contributed by atoms with Gasteiger partial charge in [-0.25, -0.2) is 4.98 Å². The zero-order chi connectivity index (χ0) is 32.8. The molecule has 0 radical (unpaired) electrons. The molecule has 4 nitrogen and oxygen atoms in total. The molecule has 0 saturated carbocycles. The summed E-state index contributed by atoms with van der Waals surface area (Å²) in [6, 6.07) is 57.9. The van der Waals surface area contributed by atoms with E-state index in [1.807, 2.05) is 36.4 Å². The maximum absolute atomic E-state index is 6.64. The summed E-state index contributed by atoms with van der Waals surface area (Å²) in [4.78, 5) is 10.2. The maximum Gasteiger partial charge on any atom is 0.231 e. The fraction of sp³-hybridized carbons (Fsp3) is 0. The van der Waals surface area contributed by atoms with Gasteiger partial charge in [0.1, 0.15) is 5.58 Å². The Bertz CT molecular complexity index is 3100. The number of furan rings is 1. The highest BCUT2D eigenvalue weighted by Gasteiger charge is 2.23. The molecule has 232 valence electrons. The number of para-hydroxylation sites is 1. The number of hydrogen-bond acceptors (Lipinski definition) is 3. The Morgan fingerprint density at radius 1 is 0.400 bits per heavy atom. The lowest BCUT2D eigenvalue weighted by Gasteiger charge is -2.13. The summed E-state index contributed by atoms with van der Waals surface area (Å²) in [5, 5.41) is 11.8. The molecule has 8 aromatic carbocycles. The summed E-state index contributed by atoms with van der Waals surface area (Å²) >= 11 is 0. The van der Waals surface area contributed by atoms with Crippen LogP contribution >= 0.6 is 0 Å². The molecule has 3 aromatic heterocycles. The van der Waals surface area contributed by atoms with E-state index in [1.54, 1.807) is 0 Å². The fourth-order valence-corrected chi connectivity index (χ4v) is 8.05. The summed E-state index contributed by atoms with van der Waals surface area (Å²) in [5.74, 6) is 0.644. The van der Waals surface area contributed by atoms with Crippen LogP contribution in [0.15, 0.2) is 168 Å². The second-order valence-corrected chi connectivity index (χ2v) is 12.9. The van der Waals surface area contributed by atoms with Crippen LogP contribution in [0, 0.1) is 0 Å². The highest BCUT2D eigenvalue weighted by Crippen LogP contribution is 2.44. The Hall–Kier alpha value is -6.78. The molecular weight excluding hydrogens is 611 g/mol. The average Bonchev–Trinajstić information content (AvgIpc) is 3.74. The minimum Gasteiger partial charge on any atom is -0.438 e. The van der Waals surface area contributed by atoms with E-state index in [1.165, 1.54) is 32.3 Å². The lowest BCUT2D eigenvalue weighted by atomic mass is 9.94. The molecule has 11 aromatic rings. The summed E-state index contributed by atoms with van der Waals surface area (Å²) < 4.78 is 9.03. The second-order valence-electron chi connectivity index (χ2n) is 12.9. The minimum atomic E-state index is 0.584. The molecular formula is C46H27N3O. The molecule has 0 bridgehead atoms. The van der Waals surface area contributed by atoms with Gasteiger partial charge in [-0.15, -0.1) is 0 Å². The third-order valence-corrected chi connectivity index (χ3v) is 10.2. The monoisotopic (exact) mass is 637 g/mol. The van der Waals surface area contributed by atoms with Gasteiger partial charge in [-0.1, -0.05) is 133 Å². The van der Waals surface area contributed by atoms with E-state index in [4.69, 9.17) is 14.4 Å². The van der Waals surface area contributed by atoms with Gasteiger partial charge in [0.05, 0.1) is 22.1 Å². The molecule has 11 rings (SSSR count). The van der Waals surface area contributed by atoms with Crippen molar-refractivity contribution in [1.82, 2.24) is 14.5 Å². The average molecular weight is 638 g/mol. The van der Waals surface area contributed by atoms with Gasteiger partial charge < -0.3 is 8.98 Å². The summed E-state index contributed by atoms with van der Waals surface area (Å²) in [6.45, 7) is 0. The van der Waals surface area contributed by atoms with Gasteiger partial charge >= 0.3 is 0 Å². The van der Waals surface area contributed by atoms with Crippen LogP contribution in [0.5, 0.6) is 0 Å². The zero-order valence-electron chi connectivity index (χ0n) is 26.8. The molecule has 0 aliphatic carbocycles. The van der Waals surface area contributed by atoms with Crippen LogP contribution in [-0.4, -0.2) is 14.5 Å². The van der Waals surface area contributed by atoms with Crippen molar-refractivity contribution in [2.45, 2.75) is 0 Å². The number of aromatic nitrogens is 3. The van der Waals surface area contributed by atoms with E-state index in [9.17, 15) is 0 Å². The first-order valence-electron chi connectivity index (χ1n) is 16.9. The predicted molar refractivity (Wildman–Crippen MR) is 207 cm³/mol. The quantitative estimate of drug-likeness (QED) is 0.181. The molecule has 0 aliphatic heterocycles. The minimum absolute atomic E-state index is 0.584. The highest BCUT2D eigenvalue weighted by atomic mass is 16.3. The number of nitrogens with zero attached hydrogens (tertiary/aromatic N) is 3. The van der Waals surface area contributed by atoms with Crippen LogP contribution < -0.4 is 0 Å². The second kappa shape index (κ2) is 10.4. The van der Waals surface area contributed by atoms with Crippen molar-refractivity contribution in [3.63, 3.8) is 0 Å². The van der Waals surface area contributed by atoms with Gasteiger partial charge in [0.15, 0.2) is 5.82 Å². The van der Waals surface area contributed by atoms with Crippen molar-refractivity contribution in [2.24, 2.45) is 0 Å². The lowest BCUT2D eigenvalue weighted by Crippen LogP contribution is -1.94. The van der Waals surface area contributed by atoms with Crippen molar-refractivity contribution in [1.29, 1.82) is 0 Å². The van der Waals surface area contributed by atoms with Gasteiger partial charge in [-0.05, 0) is 62.6 Å². The normalized spacial score (nSPS) is 12.0. The number of fused-ring (bicyclic) bond motifs is 13. The first kappa shape index (κ1) is 27.2. The Morgan fingerprint density at radius 2 is 0.980 bits per heavy atom. The van der Waals surface area contributed by atoms with Crippen molar-refractivity contribution in [2.75, 3.05) is 0 Å². The van der Waals surface area contributed by atoms with Crippen LogP contribution in [0.4, 0.5) is 0 Å². The predicted octanol–water partition coefficient (Wildman–Crippen LogP) is 12.3. The molecule has 3 heterocycles. The first-order valence-corrected chi connectivity index (χ1v) is 16.9. The summed E-state index contributed by atoms with van der Waals surface area (Å²) in [6.07, 6.45) is 0. The number of benzene rings is 8. The molecule has 0 N–H and O–H groups in total. The standard InChI is InChI=1S/C46H27N3O/c1-3-13-28(14-4-1)44-43-42-40(50-46(43)48-45(47-44)29-15-5-2-6-16-29)26-25-39-41(42)36-21-11-12-22-38(36)49(39)30-23-24-35-33-19-8-7-17-31(33)32-18-9-10-20-34(32)37(35)27-30/h1-27H. The molecule has 0 spiro atoms. The van der Waals surface area contributed by atoms with Crippen molar-refractivity contribution >= 4 is 76.2 Å². The van der Waals surface area contributed by atoms with Crippen molar-refractivity contribution < 1.29 is 4.42 Å². The van der Waals surface area contributed by atoms with Gasteiger partial charge in [0, 0.05) is 33.0 Å². The fourth-order valence-electron chi connectivity index (χ4n) is 8.05. The molecule has 0 aliphatic rings. The van der Waals surface area contributed by atoms with E-state index in [-0.39, 0.29) is 0 Å². The van der Waals surface area contributed by atoms with Crippen molar-refractivity contribution in [3.05, 3.63) is 164 Å². The molecule has 0 saturated heterocycles. The van der Waals surface area contributed by atoms with Crippen LogP contribution in [0.3, 0.4) is 0 Å². The van der Waals surface area contributed by atoms with E-state index < -0.39 is 0 Å². The van der Waals surface area contributed by atoms with Crippen LogP contribution in [-0.2, 0) is 0 Å². The molecule has 4 heteroatoms. The van der Waals surface area contributed by atoms with E-state index in [2.05, 4.69) is 132 Å². The SMILES string of the molecule is c1ccc(-c2nc(-c3ccccc3)c3c(n2)oc2ccc4c(c5ccccc5n4-c4ccc5c6ccccc6c6ccccc6c5c4)c23)cc1. The smallest absolute Gasteiger partial charge is 0.231 e. The molecule has 50 heavy (non-hydrogen) atoms. The lowest BCUT2D eigenvalue weighted by molar-refractivity contribution is 0.654. The summed E-state index contributed by atoms with van der Waals surface area (Å²) in [5.41, 5.74) is 7.57. The van der Waals surface area contributed by atoms with Crippen LogP contribution in [0.2, 0.25) is 0 Å². The van der Waals surface area contributed by atoms with E-state index in [0.29, 0.717) is 11.5 Å². The maximum atomic E-state index is 6.64.